The Balaban J connectivity index is 1.28. The van der Waals surface area contributed by atoms with Crippen LogP contribution in [0.5, 0.6) is 0 Å². The normalized spacial score (nSPS) is 34.3. The van der Waals surface area contributed by atoms with Gasteiger partial charge in [-0.05, 0) is 80.8 Å². The van der Waals surface area contributed by atoms with Crippen molar-refractivity contribution in [3.8, 4) is 0 Å². The van der Waals surface area contributed by atoms with Gasteiger partial charge in [0.05, 0.1) is 19.3 Å². The van der Waals surface area contributed by atoms with Crippen molar-refractivity contribution in [3.05, 3.63) is 47.0 Å². The first kappa shape index (κ1) is 24.6. The van der Waals surface area contributed by atoms with Gasteiger partial charge in [-0.1, -0.05) is 19.1 Å². The highest BCUT2D eigenvalue weighted by Gasteiger charge is 2.35. The van der Waals surface area contributed by atoms with Crippen molar-refractivity contribution in [1.82, 2.24) is 0 Å². The molecule has 0 aromatic heterocycles. The van der Waals surface area contributed by atoms with E-state index in [9.17, 15) is 22.0 Å². The molecule has 1 saturated heterocycles. The lowest BCUT2D eigenvalue weighted by atomic mass is 9.68. The topological polar surface area (TPSA) is 18.5 Å². The summed E-state index contributed by atoms with van der Waals surface area (Å²) in [7, 11) is 0. The van der Waals surface area contributed by atoms with Gasteiger partial charge in [-0.3, -0.25) is 0 Å². The van der Waals surface area contributed by atoms with Crippen LogP contribution in [0.25, 0.3) is 0 Å². The molecule has 2 nitrogen and oxygen atoms in total. The average molecular weight is 473 g/mol. The Kier molecular flexibility index (Phi) is 7.79. The third kappa shape index (κ3) is 6.36. The minimum atomic E-state index is -4.60. The predicted octanol–water partition coefficient (Wildman–Crippen LogP) is 8.00. The van der Waals surface area contributed by atoms with Crippen molar-refractivity contribution < 1.29 is 31.4 Å². The van der Waals surface area contributed by atoms with Crippen LogP contribution in [0, 0.1) is 29.5 Å². The van der Waals surface area contributed by atoms with Crippen molar-refractivity contribution in [2.24, 2.45) is 23.7 Å². The third-order valence-electron chi connectivity index (χ3n) is 7.70. The summed E-state index contributed by atoms with van der Waals surface area (Å²) in [6.07, 6.45) is 0.957. The molecule has 2 saturated carbocycles. The maximum atomic E-state index is 14.9. The second kappa shape index (κ2) is 10.4. The van der Waals surface area contributed by atoms with E-state index in [4.69, 9.17) is 9.47 Å². The highest BCUT2D eigenvalue weighted by Crippen LogP contribution is 2.46. The van der Waals surface area contributed by atoms with Crippen molar-refractivity contribution in [1.29, 1.82) is 0 Å². The van der Waals surface area contributed by atoms with Crippen LogP contribution in [0.2, 0.25) is 0 Å². The molecule has 1 heterocycles. The molecule has 3 aliphatic rings. The monoisotopic (exact) mass is 472 g/mol. The summed E-state index contributed by atoms with van der Waals surface area (Å²) in [5.41, 5.74) is 1.45. The molecule has 1 aromatic carbocycles. The zero-order valence-electron chi connectivity index (χ0n) is 19.1. The summed E-state index contributed by atoms with van der Waals surface area (Å²) < 4.78 is 77.4. The van der Waals surface area contributed by atoms with Gasteiger partial charge in [-0.2, -0.15) is 13.2 Å². The fourth-order valence-electron chi connectivity index (χ4n) is 5.86. The van der Waals surface area contributed by atoms with Crippen molar-refractivity contribution in [2.75, 3.05) is 13.2 Å². The molecule has 4 rings (SSSR count). The van der Waals surface area contributed by atoms with Gasteiger partial charge in [0.25, 0.3) is 0 Å². The number of rotatable bonds is 4. The van der Waals surface area contributed by atoms with Crippen LogP contribution < -0.4 is 0 Å². The summed E-state index contributed by atoms with van der Waals surface area (Å²) in [5.74, 6) is -0.414. The highest BCUT2D eigenvalue weighted by molar-refractivity contribution is 5.28. The Hall–Kier alpha value is -1.47. The first-order valence-electron chi connectivity index (χ1n) is 12.2. The molecule has 7 heteroatoms. The first-order chi connectivity index (χ1) is 15.7. The molecule has 33 heavy (non-hydrogen) atoms. The average Bonchev–Trinajstić information content (AvgIpc) is 2.79. The first-order valence-corrected chi connectivity index (χ1v) is 12.2. The fraction of sp³-hybridized carbons (Fsp3) is 0.692. The van der Waals surface area contributed by atoms with Crippen LogP contribution in [0.3, 0.4) is 0 Å². The van der Waals surface area contributed by atoms with Gasteiger partial charge in [0.15, 0.2) is 6.29 Å². The van der Waals surface area contributed by atoms with Crippen LogP contribution in [-0.4, -0.2) is 19.4 Å². The molecule has 0 N–H and O–H groups in total. The molecule has 3 fully saturated rings. The van der Waals surface area contributed by atoms with Crippen molar-refractivity contribution in [2.45, 2.75) is 76.7 Å². The maximum Gasteiger partial charge on any atom is 0.412 e. The summed E-state index contributed by atoms with van der Waals surface area (Å²) in [6, 6.07) is 5.29. The van der Waals surface area contributed by atoms with Gasteiger partial charge < -0.3 is 9.47 Å². The van der Waals surface area contributed by atoms with Gasteiger partial charge in [-0.25, -0.2) is 8.78 Å². The Morgan fingerprint density at radius 2 is 1.48 bits per heavy atom. The minimum Gasteiger partial charge on any atom is -0.348 e. The number of benzene rings is 1. The second-order valence-electron chi connectivity index (χ2n) is 10.2. The minimum absolute atomic E-state index is 0.173. The Bertz CT molecular complexity index is 812. The standard InChI is InChI=1S/C26H33F5O2/c1-16-14-32-25(33-15-16)21-10-11-22(23(27)12-21)19-6-2-17(3-7-19)18-4-8-20(9-5-18)24(28)13-26(29,30)31/h10-13,16-20,25H,2-9,14-15H2,1H3/b24-13-. The Labute approximate surface area is 192 Å². The number of allylic oxidation sites excluding steroid dienone is 2. The van der Waals surface area contributed by atoms with E-state index in [0.29, 0.717) is 49.4 Å². The molecule has 1 aliphatic heterocycles. The van der Waals surface area contributed by atoms with Gasteiger partial charge in [0.1, 0.15) is 11.6 Å². The van der Waals surface area contributed by atoms with Crippen molar-refractivity contribution >= 4 is 0 Å². The Morgan fingerprint density at radius 3 is 2.03 bits per heavy atom. The van der Waals surface area contributed by atoms with E-state index in [2.05, 4.69) is 0 Å². The van der Waals surface area contributed by atoms with E-state index >= 15 is 0 Å². The van der Waals surface area contributed by atoms with Gasteiger partial charge in [0, 0.05) is 17.4 Å². The Morgan fingerprint density at radius 1 is 0.909 bits per heavy atom. The van der Waals surface area contributed by atoms with Gasteiger partial charge >= 0.3 is 6.18 Å². The van der Waals surface area contributed by atoms with Crippen LogP contribution in [0.1, 0.15) is 81.6 Å². The van der Waals surface area contributed by atoms with Gasteiger partial charge in [-0.15, -0.1) is 0 Å². The molecule has 1 aromatic rings. The zero-order chi connectivity index (χ0) is 23.6. The SMILES string of the molecule is CC1COC(c2ccc(C3CCC(C4CCC(/C(F)=C/C(F)(F)F)CC4)CC3)c(F)c2)OC1. The molecule has 0 unspecified atom stereocenters. The maximum absolute atomic E-state index is 14.9. The second-order valence-corrected chi connectivity index (χ2v) is 10.2. The van der Waals surface area contributed by atoms with Crippen molar-refractivity contribution in [3.63, 3.8) is 0 Å². The molecular weight excluding hydrogens is 439 g/mol. The highest BCUT2D eigenvalue weighted by atomic mass is 19.4. The number of ether oxygens (including phenoxy) is 2. The molecule has 0 bridgehead atoms. The van der Waals surface area contributed by atoms with E-state index in [0.717, 1.165) is 44.1 Å². The number of hydrogen-bond acceptors (Lipinski definition) is 2. The molecule has 0 atom stereocenters. The zero-order valence-corrected chi connectivity index (χ0v) is 19.1. The van der Waals surface area contributed by atoms with E-state index in [1.54, 1.807) is 0 Å². The predicted molar refractivity (Wildman–Crippen MR) is 116 cm³/mol. The van der Waals surface area contributed by atoms with Gasteiger partial charge in [0.2, 0.25) is 0 Å². The lowest BCUT2D eigenvalue weighted by molar-refractivity contribution is -0.202. The van der Waals surface area contributed by atoms with Crippen LogP contribution in [-0.2, 0) is 9.47 Å². The molecule has 0 amide bonds. The quantitative estimate of drug-likeness (QED) is 0.413. The number of hydrogen-bond donors (Lipinski definition) is 0. The fourth-order valence-corrected chi connectivity index (χ4v) is 5.86. The van der Waals surface area contributed by atoms with Crippen LogP contribution >= 0.6 is 0 Å². The largest absolute Gasteiger partial charge is 0.412 e. The number of alkyl halides is 3. The lowest BCUT2D eigenvalue weighted by Crippen LogP contribution is -2.26. The molecular formula is C26H33F5O2. The molecule has 2 aliphatic carbocycles. The summed E-state index contributed by atoms with van der Waals surface area (Å²) in [4.78, 5) is 0. The third-order valence-corrected chi connectivity index (χ3v) is 7.70. The number of halogens is 5. The van der Waals surface area contributed by atoms with E-state index in [-0.39, 0.29) is 17.8 Å². The van der Waals surface area contributed by atoms with Crippen LogP contribution in [0.15, 0.2) is 30.1 Å². The van der Waals surface area contributed by atoms with E-state index in [1.165, 1.54) is 6.07 Å². The summed E-state index contributed by atoms with van der Waals surface area (Å²) >= 11 is 0. The summed E-state index contributed by atoms with van der Waals surface area (Å²) in [6.45, 7) is 3.25. The van der Waals surface area contributed by atoms with E-state index < -0.39 is 24.2 Å². The molecule has 0 spiro atoms. The molecule has 0 radical (unpaired) electrons. The lowest BCUT2D eigenvalue weighted by Gasteiger charge is -2.38. The summed E-state index contributed by atoms with van der Waals surface area (Å²) in [5, 5.41) is 0. The smallest absolute Gasteiger partial charge is 0.348 e. The van der Waals surface area contributed by atoms with Crippen LogP contribution in [0.4, 0.5) is 22.0 Å². The van der Waals surface area contributed by atoms with E-state index in [1.807, 2.05) is 19.1 Å². The molecule has 184 valence electrons.